The number of ether oxygens (including phenoxy) is 2. The molecule has 0 aliphatic carbocycles. The Morgan fingerprint density at radius 2 is 2.38 bits per heavy atom. The van der Waals surface area contributed by atoms with Gasteiger partial charge in [-0.2, -0.15) is 0 Å². The Morgan fingerprint density at radius 1 is 1.52 bits per heavy atom. The summed E-state index contributed by atoms with van der Waals surface area (Å²) in [5.74, 6) is 1.39. The first kappa shape index (κ1) is 18.0. The fourth-order valence-corrected chi connectivity index (χ4v) is 2.16. The van der Waals surface area contributed by atoms with Gasteiger partial charge in [0.25, 0.3) is 0 Å². The van der Waals surface area contributed by atoms with E-state index in [-0.39, 0.29) is 24.0 Å². The van der Waals surface area contributed by atoms with Crippen molar-refractivity contribution in [3.05, 3.63) is 23.9 Å². The number of hydrogen-bond donors (Lipinski definition) is 2. The molecule has 0 saturated carbocycles. The molecule has 0 radical (unpaired) electrons. The Balaban J connectivity index is 0.00000220. The number of halogens is 1. The highest BCUT2D eigenvalue weighted by atomic mass is 127. The summed E-state index contributed by atoms with van der Waals surface area (Å²) in [6.45, 7) is 2.26. The Bertz CT molecular complexity index is 450. The average Bonchev–Trinajstić information content (AvgIpc) is 3.01. The molecule has 0 aromatic carbocycles. The van der Waals surface area contributed by atoms with Crippen LogP contribution in [0.1, 0.15) is 18.4 Å². The molecule has 1 fully saturated rings. The molecular formula is C14H23IN4O2. The van der Waals surface area contributed by atoms with E-state index < -0.39 is 0 Å². The molecule has 118 valence electrons. The lowest BCUT2D eigenvalue weighted by Crippen LogP contribution is -2.40. The van der Waals surface area contributed by atoms with Crippen LogP contribution in [0.3, 0.4) is 0 Å². The molecule has 1 atom stereocenters. The lowest BCUT2D eigenvalue weighted by Gasteiger charge is -2.15. The van der Waals surface area contributed by atoms with Crippen LogP contribution >= 0.6 is 24.0 Å². The Hall–Kier alpha value is -1.09. The Kier molecular flexibility index (Phi) is 8.36. The van der Waals surface area contributed by atoms with Crippen LogP contribution < -0.4 is 15.4 Å². The van der Waals surface area contributed by atoms with Gasteiger partial charge in [0, 0.05) is 38.5 Å². The number of aliphatic imine (C=N–C) groups is 1. The van der Waals surface area contributed by atoms with Gasteiger partial charge in [-0.15, -0.1) is 24.0 Å². The molecule has 2 rings (SSSR count). The van der Waals surface area contributed by atoms with E-state index in [2.05, 4.69) is 20.6 Å². The van der Waals surface area contributed by atoms with Crippen LogP contribution in [0.4, 0.5) is 0 Å². The van der Waals surface area contributed by atoms with E-state index in [1.807, 2.05) is 12.1 Å². The van der Waals surface area contributed by atoms with Gasteiger partial charge in [-0.05, 0) is 18.9 Å². The smallest absolute Gasteiger partial charge is 0.218 e. The van der Waals surface area contributed by atoms with Gasteiger partial charge in [-0.25, -0.2) is 4.98 Å². The normalized spacial score (nSPS) is 18.0. The van der Waals surface area contributed by atoms with Gasteiger partial charge in [0.15, 0.2) is 5.96 Å². The van der Waals surface area contributed by atoms with Gasteiger partial charge < -0.3 is 20.1 Å². The minimum absolute atomic E-state index is 0. The summed E-state index contributed by atoms with van der Waals surface area (Å²) in [4.78, 5) is 8.36. The molecular weight excluding hydrogens is 383 g/mol. The van der Waals surface area contributed by atoms with Crippen LogP contribution in [0.15, 0.2) is 23.3 Å². The van der Waals surface area contributed by atoms with Gasteiger partial charge in [-0.1, -0.05) is 6.07 Å². The van der Waals surface area contributed by atoms with Gasteiger partial charge in [-0.3, -0.25) is 4.99 Å². The van der Waals surface area contributed by atoms with E-state index in [1.165, 1.54) is 0 Å². The second-order valence-corrected chi connectivity index (χ2v) is 4.61. The molecule has 21 heavy (non-hydrogen) atoms. The SMILES string of the molecule is CN=C(NCc1cccnc1OC)NCC1CCCO1.I. The molecule has 1 aromatic rings. The average molecular weight is 406 g/mol. The molecule has 1 unspecified atom stereocenters. The highest BCUT2D eigenvalue weighted by Gasteiger charge is 2.15. The van der Waals surface area contributed by atoms with E-state index in [4.69, 9.17) is 9.47 Å². The van der Waals surface area contributed by atoms with Crippen LogP contribution in [0.25, 0.3) is 0 Å². The summed E-state index contributed by atoms with van der Waals surface area (Å²) in [6, 6.07) is 3.87. The summed E-state index contributed by atoms with van der Waals surface area (Å²) >= 11 is 0. The summed E-state index contributed by atoms with van der Waals surface area (Å²) < 4.78 is 10.8. The van der Waals surface area contributed by atoms with Crippen molar-refractivity contribution >= 4 is 29.9 Å². The molecule has 7 heteroatoms. The second kappa shape index (κ2) is 9.78. The quantitative estimate of drug-likeness (QED) is 0.441. The zero-order valence-corrected chi connectivity index (χ0v) is 14.8. The maximum absolute atomic E-state index is 5.57. The van der Waals surface area contributed by atoms with E-state index >= 15 is 0 Å². The number of aromatic nitrogens is 1. The third-order valence-electron chi connectivity index (χ3n) is 3.23. The zero-order chi connectivity index (χ0) is 14.2. The van der Waals surface area contributed by atoms with Gasteiger partial charge in [0.1, 0.15) is 0 Å². The topological polar surface area (TPSA) is 67.8 Å². The van der Waals surface area contributed by atoms with Crippen LogP contribution in [0.5, 0.6) is 5.88 Å². The third-order valence-corrected chi connectivity index (χ3v) is 3.23. The molecule has 0 bridgehead atoms. The predicted octanol–water partition coefficient (Wildman–Crippen LogP) is 1.55. The number of hydrogen-bond acceptors (Lipinski definition) is 4. The number of rotatable bonds is 5. The maximum Gasteiger partial charge on any atom is 0.218 e. The van der Waals surface area contributed by atoms with Crippen LogP contribution in [0, 0.1) is 0 Å². The van der Waals surface area contributed by atoms with Crippen molar-refractivity contribution in [2.75, 3.05) is 27.3 Å². The number of nitrogens with one attached hydrogen (secondary N) is 2. The molecule has 6 nitrogen and oxygen atoms in total. The maximum atomic E-state index is 5.57. The minimum Gasteiger partial charge on any atom is -0.481 e. The monoisotopic (exact) mass is 406 g/mol. The lowest BCUT2D eigenvalue weighted by molar-refractivity contribution is 0.114. The summed E-state index contributed by atoms with van der Waals surface area (Å²) in [5, 5.41) is 6.52. The number of nitrogens with zero attached hydrogens (tertiary/aromatic N) is 2. The van der Waals surface area contributed by atoms with E-state index in [0.717, 1.165) is 37.5 Å². The summed E-state index contributed by atoms with van der Waals surface area (Å²) in [5.41, 5.74) is 0.995. The molecule has 0 spiro atoms. The second-order valence-electron chi connectivity index (χ2n) is 4.61. The van der Waals surface area contributed by atoms with Crippen molar-refractivity contribution in [2.24, 2.45) is 4.99 Å². The number of guanidine groups is 1. The minimum atomic E-state index is 0. The largest absolute Gasteiger partial charge is 0.481 e. The fraction of sp³-hybridized carbons (Fsp3) is 0.571. The molecule has 1 saturated heterocycles. The molecule has 2 N–H and O–H groups in total. The number of pyridine rings is 1. The van der Waals surface area contributed by atoms with Crippen molar-refractivity contribution < 1.29 is 9.47 Å². The van der Waals surface area contributed by atoms with Crippen molar-refractivity contribution in [1.82, 2.24) is 15.6 Å². The van der Waals surface area contributed by atoms with Crippen LogP contribution in [0.2, 0.25) is 0 Å². The van der Waals surface area contributed by atoms with Crippen LogP contribution in [-0.2, 0) is 11.3 Å². The Labute approximate surface area is 142 Å². The summed E-state index contributed by atoms with van der Waals surface area (Å²) in [7, 11) is 3.38. The van der Waals surface area contributed by atoms with Crippen molar-refractivity contribution in [3.63, 3.8) is 0 Å². The predicted molar refractivity (Wildman–Crippen MR) is 93.4 cm³/mol. The molecule has 1 aliphatic heterocycles. The first-order chi connectivity index (χ1) is 9.83. The van der Waals surface area contributed by atoms with E-state index in [9.17, 15) is 0 Å². The van der Waals surface area contributed by atoms with Crippen LogP contribution in [-0.4, -0.2) is 44.4 Å². The van der Waals surface area contributed by atoms with Crippen molar-refractivity contribution in [3.8, 4) is 5.88 Å². The highest BCUT2D eigenvalue weighted by molar-refractivity contribution is 14.0. The molecule has 1 aliphatic rings. The van der Waals surface area contributed by atoms with E-state index in [0.29, 0.717) is 18.5 Å². The van der Waals surface area contributed by atoms with Crippen molar-refractivity contribution in [1.29, 1.82) is 0 Å². The van der Waals surface area contributed by atoms with E-state index in [1.54, 1.807) is 20.4 Å². The lowest BCUT2D eigenvalue weighted by atomic mass is 10.2. The van der Waals surface area contributed by atoms with Gasteiger partial charge in [0.05, 0.1) is 13.2 Å². The first-order valence-electron chi connectivity index (χ1n) is 6.87. The Morgan fingerprint density at radius 3 is 3.05 bits per heavy atom. The van der Waals surface area contributed by atoms with Gasteiger partial charge in [0.2, 0.25) is 5.88 Å². The molecule has 1 aromatic heterocycles. The highest BCUT2D eigenvalue weighted by Crippen LogP contribution is 2.13. The molecule has 2 heterocycles. The number of methoxy groups -OCH3 is 1. The molecule has 0 amide bonds. The standard InChI is InChI=1S/C14H22N4O2.HI/c1-15-14(18-10-12-6-4-8-20-12)17-9-11-5-3-7-16-13(11)19-2;/h3,5,7,12H,4,6,8-10H2,1-2H3,(H2,15,17,18);1H. The van der Waals surface area contributed by atoms with Gasteiger partial charge >= 0.3 is 0 Å². The first-order valence-corrected chi connectivity index (χ1v) is 6.87. The third kappa shape index (κ3) is 5.66. The summed E-state index contributed by atoms with van der Waals surface area (Å²) in [6.07, 6.45) is 4.26. The fourth-order valence-electron chi connectivity index (χ4n) is 2.16. The van der Waals surface area contributed by atoms with Crippen molar-refractivity contribution in [2.45, 2.75) is 25.5 Å². The zero-order valence-electron chi connectivity index (χ0n) is 12.5.